The molecule has 0 aromatic heterocycles. The summed E-state index contributed by atoms with van der Waals surface area (Å²) in [5, 5.41) is 14.4. The van der Waals surface area contributed by atoms with Crippen molar-refractivity contribution in [3.63, 3.8) is 0 Å². The Hall–Kier alpha value is -0.910. The molecule has 6 heteroatoms. The molecule has 0 unspecified atom stereocenters. The zero-order valence-electron chi connectivity index (χ0n) is 13.0. The first kappa shape index (κ1) is 18.1. The van der Waals surface area contributed by atoms with Crippen molar-refractivity contribution in [3.05, 3.63) is 0 Å². The Kier molecular flexibility index (Phi) is 8.57. The smallest absolute Gasteiger partial charge is 0.314 e. The van der Waals surface area contributed by atoms with Crippen molar-refractivity contribution in [3.8, 4) is 0 Å². The van der Waals surface area contributed by atoms with E-state index in [1.54, 1.807) is 0 Å². The van der Waals surface area contributed by atoms with Crippen LogP contribution < -0.4 is 10.6 Å². The largest absolute Gasteiger partial charge is 0.481 e. The molecule has 3 N–H and O–H groups in total. The third-order valence-corrected chi connectivity index (χ3v) is 5.54. The summed E-state index contributed by atoms with van der Waals surface area (Å²) < 4.78 is 0.219. The standard InChI is InChI=1S/C15H28N2O3S/c1-21-15(9-5-3-6-10-15)12-17-14(20)16-11-7-2-4-8-13(18)19/h2-12H2,1H3,(H,18,19)(H2,16,17,20). The molecule has 1 fully saturated rings. The van der Waals surface area contributed by atoms with E-state index >= 15 is 0 Å². The number of rotatable bonds is 9. The molecule has 0 aromatic rings. The Morgan fingerprint density at radius 3 is 2.43 bits per heavy atom. The van der Waals surface area contributed by atoms with Crippen molar-refractivity contribution in [1.82, 2.24) is 10.6 Å². The van der Waals surface area contributed by atoms with Crippen LogP contribution in [-0.2, 0) is 4.79 Å². The van der Waals surface area contributed by atoms with Gasteiger partial charge in [-0.25, -0.2) is 4.79 Å². The molecule has 1 rings (SSSR count). The van der Waals surface area contributed by atoms with Gasteiger partial charge >= 0.3 is 12.0 Å². The van der Waals surface area contributed by atoms with E-state index < -0.39 is 5.97 Å². The number of carboxylic acid groups (broad SMARTS) is 1. The minimum atomic E-state index is -0.754. The Morgan fingerprint density at radius 2 is 1.81 bits per heavy atom. The van der Waals surface area contributed by atoms with E-state index in [1.807, 2.05) is 11.8 Å². The second-order valence-corrected chi connectivity index (χ2v) is 7.04. The van der Waals surface area contributed by atoms with Gasteiger partial charge in [-0.15, -0.1) is 0 Å². The summed E-state index contributed by atoms with van der Waals surface area (Å²) in [6.07, 6.45) is 10.9. The maximum absolute atomic E-state index is 11.8. The van der Waals surface area contributed by atoms with Crippen molar-refractivity contribution >= 4 is 23.8 Å². The highest BCUT2D eigenvalue weighted by atomic mass is 32.2. The number of carboxylic acids is 1. The van der Waals surface area contributed by atoms with Gasteiger partial charge in [-0.1, -0.05) is 25.7 Å². The Morgan fingerprint density at radius 1 is 1.10 bits per heavy atom. The number of amides is 2. The van der Waals surface area contributed by atoms with Gasteiger partial charge in [-0.05, 0) is 31.9 Å². The summed E-state index contributed by atoms with van der Waals surface area (Å²) in [7, 11) is 0. The predicted molar refractivity (Wildman–Crippen MR) is 86.8 cm³/mol. The average Bonchev–Trinajstić information content (AvgIpc) is 2.49. The van der Waals surface area contributed by atoms with Gasteiger partial charge in [0.05, 0.1) is 0 Å². The number of unbranched alkanes of at least 4 members (excludes halogenated alkanes) is 2. The third-order valence-electron chi connectivity index (χ3n) is 4.12. The van der Waals surface area contributed by atoms with Crippen LogP contribution in [0, 0.1) is 0 Å². The third kappa shape index (κ3) is 7.60. The topological polar surface area (TPSA) is 78.4 Å². The van der Waals surface area contributed by atoms with Gasteiger partial charge < -0.3 is 15.7 Å². The van der Waals surface area contributed by atoms with Gasteiger partial charge in [0.2, 0.25) is 0 Å². The monoisotopic (exact) mass is 316 g/mol. The molecule has 21 heavy (non-hydrogen) atoms. The fourth-order valence-corrected chi connectivity index (χ4v) is 3.65. The van der Waals surface area contributed by atoms with E-state index in [4.69, 9.17) is 5.11 Å². The molecule has 5 nitrogen and oxygen atoms in total. The molecular weight excluding hydrogens is 288 g/mol. The molecule has 0 aliphatic heterocycles. The van der Waals surface area contributed by atoms with Gasteiger partial charge in [-0.2, -0.15) is 11.8 Å². The first-order chi connectivity index (χ1) is 10.1. The highest BCUT2D eigenvalue weighted by molar-refractivity contribution is 8.00. The lowest BCUT2D eigenvalue weighted by atomic mass is 9.88. The fourth-order valence-electron chi connectivity index (χ4n) is 2.73. The number of hydrogen-bond acceptors (Lipinski definition) is 3. The van der Waals surface area contributed by atoms with Crippen LogP contribution in [0.15, 0.2) is 0 Å². The van der Waals surface area contributed by atoms with Crippen molar-refractivity contribution in [2.75, 3.05) is 19.3 Å². The van der Waals surface area contributed by atoms with Crippen molar-refractivity contribution in [2.24, 2.45) is 0 Å². The molecule has 0 bridgehead atoms. The van der Waals surface area contributed by atoms with Gasteiger partial charge in [-0.3, -0.25) is 4.79 Å². The number of carbonyl (C=O) groups excluding carboxylic acids is 1. The molecule has 0 heterocycles. The minimum absolute atomic E-state index is 0.104. The summed E-state index contributed by atoms with van der Waals surface area (Å²) in [6.45, 7) is 1.34. The quantitative estimate of drug-likeness (QED) is 0.571. The molecule has 0 spiro atoms. The van der Waals surface area contributed by atoms with Crippen LogP contribution in [0.1, 0.15) is 57.8 Å². The molecule has 122 valence electrons. The lowest BCUT2D eigenvalue weighted by Gasteiger charge is -2.35. The van der Waals surface area contributed by atoms with E-state index in [9.17, 15) is 9.59 Å². The minimum Gasteiger partial charge on any atom is -0.481 e. The van der Waals surface area contributed by atoms with Crippen molar-refractivity contribution < 1.29 is 14.7 Å². The van der Waals surface area contributed by atoms with Gasteiger partial charge in [0.1, 0.15) is 0 Å². The maximum atomic E-state index is 11.8. The molecule has 1 aliphatic carbocycles. The molecule has 0 radical (unpaired) electrons. The lowest BCUT2D eigenvalue weighted by Crippen LogP contribution is -2.45. The second-order valence-electron chi connectivity index (χ2n) is 5.76. The molecule has 0 atom stereocenters. The van der Waals surface area contributed by atoms with E-state index in [-0.39, 0.29) is 17.2 Å². The summed E-state index contributed by atoms with van der Waals surface area (Å²) >= 11 is 1.87. The van der Waals surface area contributed by atoms with Gasteiger partial charge in [0.15, 0.2) is 0 Å². The maximum Gasteiger partial charge on any atom is 0.314 e. The first-order valence-electron chi connectivity index (χ1n) is 7.87. The van der Waals surface area contributed by atoms with Crippen LogP contribution >= 0.6 is 11.8 Å². The van der Waals surface area contributed by atoms with Crippen molar-refractivity contribution in [1.29, 1.82) is 0 Å². The number of aliphatic carboxylic acids is 1. The first-order valence-corrected chi connectivity index (χ1v) is 9.09. The van der Waals surface area contributed by atoms with Crippen LogP contribution in [0.25, 0.3) is 0 Å². The SMILES string of the molecule is CSC1(CNC(=O)NCCCCCC(=O)O)CCCCC1. The highest BCUT2D eigenvalue weighted by Gasteiger charge is 2.31. The Balaban J connectivity index is 2.09. The predicted octanol–water partition coefficient (Wildman–Crippen LogP) is 3.00. The Bertz CT molecular complexity index is 331. The number of nitrogens with one attached hydrogen (secondary N) is 2. The summed E-state index contributed by atoms with van der Waals surface area (Å²) in [5.74, 6) is -0.754. The highest BCUT2D eigenvalue weighted by Crippen LogP contribution is 2.37. The second kappa shape index (κ2) is 9.92. The lowest BCUT2D eigenvalue weighted by molar-refractivity contribution is -0.137. The molecule has 0 aromatic carbocycles. The zero-order valence-corrected chi connectivity index (χ0v) is 13.8. The Labute approximate surface area is 131 Å². The molecular formula is C15H28N2O3S. The molecule has 0 saturated heterocycles. The van der Waals surface area contributed by atoms with Crippen LogP contribution in [0.4, 0.5) is 4.79 Å². The van der Waals surface area contributed by atoms with Crippen LogP contribution in [0.2, 0.25) is 0 Å². The van der Waals surface area contributed by atoms with Crippen LogP contribution in [-0.4, -0.2) is 41.2 Å². The number of thioether (sulfide) groups is 1. The van der Waals surface area contributed by atoms with E-state index in [1.165, 1.54) is 32.1 Å². The summed E-state index contributed by atoms with van der Waals surface area (Å²) in [5.41, 5.74) is 0. The average molecular weight is 316 g/mol. The number of urea groups is 1. The van der Waals surface area contributed by atoms with Crippen LogP contribution in [0.5, 0.6) is 0 Å². The molecule has 1 saturated carbocycles. The normalized spacial score (nSPS) is 17.2. The van der Waals surface area contributed by atoms with Gasteiger partial charge in [0, 0.05) is 24.3 Å². The van der Waals surface area contributed by atoms with Crippen molar-refractivity contribution in [2.45, 2.75) is 62.5 Å². The molecule has 1 aliphatic rings. The summed E-state index contributed by atoms with van der Waals surface area (Å²) in [4.78, 5) is 22.1. The zero-order chi connectivity index (χ0) is 15.6. The van der Waals surface area contributed by atoms with E-state index in [2.05, 4.69) is 16.9 Å². The van der Waals surface area contributed by atoms with Crippen LogP contribution in [0.3, 0.4) is 0 Å². The molecule has 2 amide bonds. The summed E-state index contributed by atoms with van der Waals surface area (Å²) in [6, 6.07) is -0.104. The number of hydrogen-bond donors (Lipinski definition) is 3. The fraction of sp³-hybridized carbons (Fsp3) is 0.867. The van der Waals surface area contributed by atoms with E-state index in [0.717, 1.165) is 19.4 Å². The number of carbonyl (C=O) groups is 2. The van der Waals surface area contributed by atoms with E-state index in [0.29, 0.717) is 13.0 Å². The van der Waals surface area contributed by atoms with Gasteiger partial charge in [0.25, 0.3) is 0 Å².